The Balaban J connectivity index is 1.51. The standard InChI is InChI=1S/C29H40N6O3/c1-19(36)16-18-35-25(15-17-30-35)28(37)32-27(23-9-7-5-4-6-8-10-23)29(38)31-24-13-11-22(12-14-24)26-20(2)33-34-21(26)3/h11-15,17,19,23,27,36H,4-10,16,18H2,1-3H3,(H,31,38)(H,32,37)(H,33,34). The van der Waals surface area contributed by atoms with Crippen molar-refractivity contribution in [3.8, 4) is 11.1 Å². The number of carbonyl (C=O) groups excluding carboxylic acids is 2. The zero-order valence-electron chi connectivity index (χ0n) is 22.7. The quantitative estimate of drug-likeness (QED) is 0.324. The summed E-state index contributed by atoms with van der Waals surface area (Å²) in [6.45, 7) is 6.09. The number of anilines is 1. The molecular formula is C29H40N6O3. The molecule has 1 aliphatic carbocycles. The number of aryl methyl sites for hydroxylation is 3. The molecule has 0 aliphatic heterocycles. The third-order valence-corrected chi connectivity index (χ3v) is 7.47. The molecule has 9 heteroatoms. The number of carbonyl (C=O) groups is 2. The van der Waals surface area contributed by atoms with Gasteiger partial charge in [0.05, 0.1) is 11.8 Å². The number of aromatic nitrogens is 4. The zero-order chi connectivity index (χ0) is 27.1. The Hall–Kier alpha value is -3.46. The van der Waals surface area contributed by atoms with Crippen molar-refractivity contribution in [3.63, 3.8) is 0 Å². The van der Waals surface area contributed by atoms with Crippen molar-refractivity contribution in [2.45, 2.75) is 90.8 Å². The van der Waals surface area contributed by atoms with Gasteiger partial charge in [-0.05, 0) is 69.7 Å². The fourth-order valence-electron chi connectivity index (χ4n) is 5.36. The van der Waals surface area contributed by atoms with Crippen LogP contribution in [0, 0.1) is 19.8 Å². The largest absolute Gasteiger partial charge is 0.393 e. The fraction of sp³-hybridized carbons (Fsp3) is 0.517. The van der Waals surface area contributed by atoms with E-state index in [2.05, 4.69) is 25.9 Å². The molecule has 4 N–H and O–H groups in total. The van der Waals surface area contributed by atoms with Gasteiger partial charge in [-0.2, -0.15) is 10.2 Å². The number of hydrogen-bond acceptors (Lipinski definition) is 5. The van der Waals surface area contributed by atoms with E-state index in [1.165, 1.54) is 6.42 Å². The van der Waals surface area contributed by atoms with Crippen LogP contribution in [-0.2, 0) is 11.3 Å². The van der Waals surface area contributed by atoms with Crippen LogP contribution < -0.4 is 10.6 Å². The highest BCUT2D eigenvalue weighted by Crippen LogP contribution is 2.28. The van der Waals surface area contributed by atoms with Crippen LogP contribution in [0.2, 0.25) is 0 Å². The summed E-state index contributed by atoms with van der Waals surface area (Å²) in [5.74, 6) is -0.470. The number of aliphatic hydroxyl groups excluding tert-OH is 1. The van der Waals surface area contributed by atoms with Crippen LogP contribution in [0.25, 0.3) is 11.1 Å². The summed E-state index contributed by atoms with van der Waals surface area (Å²) in [7, 11) is 0. The van der Waals surface area contributed by atoms with Gasteiger partial charge in [0.2, 0.25) is 5.91 Å². The maximum absolute atomic E-state index is 13.6. The Morgan fingerprint density at radius 2 is 1.76 bits per heavy atom. The summed E-state index contributed by atoms with van der Waals surface area (Å²) in [6, 6.07) is 8.74. The van der Waals surface area contributed by atoms with E-state index < -0.39 is 12.1 Å². The maximum atomic E-state index is 13.6. The molecule has 2 unspecified atom stereocenters. The zero-order valence-corrected chi connectivity index (χ0v) is 22.7. The fourth-order valence-corrected chi connectivity index (χ4v) is 5.36. The highest BCUT2D eigenvalue weighted by Gasteiger charge is 2.31. The molecule has 1 saturated carbocycles. The van der Waals surface area contributed by atoms with Crippen LogP contribution in [0.3, 0.4) is 0 Å². The Bertz CT molecular complexity index is 1190. The van der Waals surface area contributed by atoms with Crippen LogP contribution in [0.4, 0.5) is 5.69 Å². The number of nitrogens with zero attached hydrogens (tertiary/aromatic N) is 3. The Morgan fingerprint density at radius 3 is 2.39 bits per heavy atom. The molecule has 3 aromatic rings. The number of amides is 2. The summed E-state index contributed by atoms with van der Waals surface area (Å²) in [4.78, 5) is 27.0. The van der Waals surface area contributed by atoms with Gasteiger partial charge < -0.3 is 15.7 Å². The third-order valence-electron chi connectivity index (χ3n) is 7.47. The van der Waals surface area contributed by atoms with Crippen molar-refractivity contribution in [1.29, 1.82) is 0 Å². The highest BCUT2D eigenvalue weighted by atomic mass is 16.3. The van der Waals surface area contributed by atoms with Gasteiger partial charge in [0, 0.05) is 29.7 Å². The molecule has 1 fully saturated rings. The van der Waals surface area contributed by atoms with Gasteiger partial charge in [0.25, 0.3) is 5.91 Å². The lowest BCUT2D eigenvalue weighted by atomic mass is 9.85. The van der Waals surface area contributed by atoms with Crippen molar-refractivity contribution in [2.24, 2.45) is 5.92 Å². The number of benzene rings is 1. The second-order valence-electron chi connectivity index (χ2n) is 10.5. The Labute approximate surface area is 224 Å². The van der Waals surface area contributed by atoms with Crippen LogP contribution in [-0.4, -0.2) is 49.0 Å². The second kappa shape index (κ2) is 12.9. The lowest BCUT2D eigenvalue weighted by Gasteiger charge is -2.29. The van der Waals surface area contributed by atoms with Gasteiger partial charge in [-0.15, -0.1) is 0 Å². The van der Waals surface area contributed by atoms with E-state index in [9.17, 15) is 14.7 Å². The van der Waals surface area contributed by atoms with E-state index in [0.717, 1.165) is 61.0 Å². The van der Waals surface area contributed by atoms with Gasteiger partial charge >= 0.3 is 0 Å². The minimum Gasteiger partial charge on any atom is -0.393 e. The number of hydrogen-bond donors (Lipinski definition) is 4. The summed E-state index contributed by atoms with van der Waals surface area (Å²) in [6.07, 6.45) is 9.00. The maximum Gasteiger partial charge on any atom is 0.270 e. The van der Waals surface area contributed by atoms with Crippen molar-refractivity contribution in [2.75, 3.05) is 5.32 Å². The lowest BCUT2D eigenvalue weighted by molar-refractivity contribution is -0.119. The molecule has 0 bridgehead atoms. The monoisotopic (exact) mass is 520 g/mol. The number of rotatable bonds is 9. The van der Waals surface area contributed by atoms with Crippen LogP contribution >= 0.6 is 0 Å². The highest BCUT2D eigenvalue weighted by molar-refractivity contribution is 6.00. The smallest absolute Gasteiger partial charge is 0.270 e. The summed E-state index contributed by atoms with van der Waals surface area (Å²) in [5.41, 5.74) is 5.10. The van der Waals surface area contributed by atoms with Crippen molar-refractivity contribution >= 4 is 17.5 Å². The summed E-state index contributed by atoms with van der Waals surface area (Å²) in [5, 5.41) is 27.3. The number of nitrogens with one attached hydrogen (secondary N) is 3. The first-order valence-electron chi connectivity index (χ1n) is 13.8. The van der Waals surface area contributed by atoms with Crippen LogP contribution in [0.1, 0.15) is 80.2 Å². The van der Waals surface area contributed by atoms with Crippen molar-refractivity contribution in [3.05, 3.63) is 53.6 Å². The molecule has 1 aliphatic rings. The molecule has 38 heavy (non-hydrogen) atoms. The van der Waals surface area contributed by atoms with Crippen molar-refractivity contribution in [1.82, 2.24) is 25.3 Å². The average molecular weight is 521 g/mol. The molecule has 2 heterocycles. The molecule has 9 nitrogen and oxygen atoms in total. The normalized spacial score (nSPS) is 16.3. The molecular weight excluding hydrogens is 480 g/mol. The van der Waals surface area contributed by atoms with Crippen LogP contribution in [0.5, 0.6) is 0 Å². The first kappa shape index (κ1) is 27.6. The van der Waals surface area contributed by atoms with E-state index in [1.807, 2.05) is 38.1 Å². The minimum absolute atomic E-state index is 0.0589. The first-order chi connectivity index (χ1) is 18.3. The molecule has 2 amide bonds. The van der Waals surface area contributed by atoms with E-state index >= 15 is 0 Å². The molecule has 2 atom stereocenters. The van der Waals surface area contributed by atoms with Crippen molar-refractivity contribution < 1.29 is 14.7 Å². The van der Waals surface area contributed by atoms with Gasteiger partial charge in [0.15, 0.2) is 0 Å². The van der Waals surface area contributed by atoms with E-state index in [1.54, 1.807) is 23.9 Å². The van der Waals surface area contributed by atoms with Gasteiger partial charge in [-0.3, -0.25) is 19.4 Å². The van der Waals surface area contributed by atoms with Gasteiger partial charge in [-0.25, -0.2) is 0 Å². The molecule has 0 saturated heterocycles. The predicted molar refractivity (Wildman–Crippen MR) is 148 cm³/mol. The van der Waals surface area contributed by atoms with Gasteiger partial charge in [-0.1, -0.05) is 44.2 Å². The minimum atomic E-state index is -0.654. The average Bonchev–Trinajstić information content (AvgIpc) is 3.48. The SMILES string of the molecule is Cc1n[nH]c(C)c1-c1ccc(NC(=O)C(NC(=O)c2ccnn2CCC(C)O)C2CCCCCCC2)cc1. The Morgan fingerprint density at radius 1 is 1.08 bits per heavy atom. The number of H-pyrrole nitrogens is 1. The lowest BCUT2D eigenvalue weighted by Crippen LogP contribution is -2.49. The van der Waals surface area contributed by atoms with Crippen LogP contribution in [0.15, 0.2) is 36.5 Å². The van der Waals surface area contributed by atoms with E-state index in [4.69, 9.17) is 0 Å². The molecule has 2 aromatic heterocycles. The second-order valence-corrected chi connectivity index (χ2v) is 10.5. The Kier molecular flexibility index (Phi) is 9.33. The molecule has 0 spiro atoms. The summed E-state index contributed by atoms with van der Waals surface area (Å²) >= 11 is 0. The van der Waals surface area contributed by atoms with E-state index in [0.29, 0.717) is 24.3 Å². The topological polar surface area (TPSA) is 125 Å². The third kappa shape index (κ3) is 6.89. The van der Waals surface area contributed by atoms with Gasteiger partial charge in [0.1, 0.15) is 11.7 Å². The number of aliphatic hydroxyl groups is 1. The summed E-state index contributed by atoms with van der Waals surface area (Å²) < 4.78 is 1.59. The molecule has 1 aromatic carbocycles. The number of aromatic amines is 1. The predicted octanol–water partition coefficient (Wildman–Crippen LogP) is 4.76. The van der Waals surface area contributed by atoms with E-state index in [-0.39, 0.29) is 17.7 Å². The molecule has 204 valence electrons. The molecule has 4 rings (SSSR count). The first-order valence-corrected chi connectivity index (χ1v) is 13.8. The molecule has 0 radical (unpaired) electrons.